The molecular weight excluding hydrogens is 208 g/mol. The molecule has 2 rings (SSSR count). The summed E-state index contributed by atoms with van der Waals surface area (Å²) in [6, 6.07) is 0. The average molecular weight is 224 g/mol. The molecule has 0 atom stereocenters. The Balaban J connectivity index is 2.43. The van der Waals surface area contributed by atoms with Crippen LogP contribution in [-0.4, -0.2) is 34.6 Å². The van der Waals surface area contributed by atoms with Crippen LogP contribution in [0, 0.1) is 0 Å². The van der Waals surface area contributed by atoms with E-state index in [0.29, 0.717) is 5.69 Å². The molecule has 5 nitrogen and oxygen atoms in total. The smallest absolute Gasteiger partial charge is 0.358 e. The third-order valence-corrected chi connectivity index (χ3v) is 3.39. The van der Waals surface area contributed by atoms with E-state index in [2.05, 4.69) is 5.10 Å². The lowest BCUT2D eigenvalue weighted by molar-refractivity contribution is 0.0581. The highest BCUT2D eigenvalue weighted by Crippen LogP contribution is 2.44. The SMILES string of the molecule is COC(=O)c1nn(C)cc1C1(CO)CCC1. The van der Waals surface area contributed by atoms with Crippen LogP contribution < -0.4 is 0 Å². The fraction of sp³-hybridized carbons (Fsp3) is 0.636. The van der Waals surface area contributed by atoms with Crippen molar-refractivity contribution in [2.24, 2.45) is 7.05 Å². The topological polar surface area (TPSA) is 64.3 Å². The summed E-state index contributed by atoms with van der Waals surface area (Å²) < 4.78 is 6.30. The quantitative estimate of drug-likeness (QED) is 0.764. The Kier molecular flexibility index (Phi) is 2.71. The summed E-state index contributed by atoms with van der Waals surface area (Å²) in [5.41, 5.74) is 0.868. The number of carbonyl (C=O) groups excluding carboxylic acids is 1. The molecule has 1 aromatic heterocycles. The van der Waals surface area contributed by atoms with Crippen LogP contribution in [0.1, 0.15) is 35.3 Å². The van der Waals surface area contributed by atoms with Gasteiger partial charge in [0, 0.05) is 24.2 Å². The van der Waals surface area contributed by atoms with Crippen molar-refractivity contribution in [1.82, 2.24) is 9.78 Å². The standard InChI is InChI=1S/C11H16N2O3/c1-13-6-8(9(12-13)10(15)16-2)11(7-14)4-3-5-11/h6,14H,3-5,7H2,1-2H3. The van der Waals surface area contributed by atoms with E-state index in [9.17, 15) is 9.90 Å². The van der Waals surface area contributed by atoms with Gasteiger partial charge in [0.25, 0.3) is 0 Å². The molecule has 1 heterocycles. The van der Waals surface area contributed by atoms with E-state index in [1.54, 1.807) is 11.7 Å². The summed E-state index contributed by atoms with van der Waals surface area (Å²) in [5.74, 6) is -0.435. The summed E-state index contributed by atoms with van der Waals surface area (Å²) in [7, 11) is 3.10. The van der Waals surface area contributed by atoms with Gasteiger partial charge in [-0.15, -0.1) is 0 Å². The summed E-state index contributed by atoms with van der Waals surface area (Å²) in [5, 5.41) is 13.6. The Labute approximate surface area is 94.0 Å². The zero-order valence-corrected chi connectivity index (χ0v) is 9.56. The molecule has 1 aliphatic carbocycles. The number of aryl methyl sites for hydroxylation is 1. The Bertz CT molecular complexity index is 402. The molecule has 0 unspecified atom stereocenters. The first-order chi connectivity index (χ1) is 7.63. The van der Waals surface area contributed by atoms with Crippen LogP contribution in [0.2, 0.25) is 0 Å². The highest BCUT2D eigenvalue weighted by Gasteiger charge is 2.42. The van der Waals surface area contributed by atoms with Crippen LogP contribution in [-0.2, 0) is 17.2 Å². The van der Waals surface area contributed by atoms with Gasteiger partial charge in [-0.1, -0.05) is 6.42 Å². The van der Waals surface area contributed by atoms with E-state index in [1.807, 2.05) is 6.20 Å². The van der Waals surface area contributed by atoms with E-state index in [0.717, 1.165) is 24.8 Å². The number of carbonyl (C=O) groups is 1. The van der Waals surface area contributed by atoms with Crippen molar-refractivity contribution in [2.45, 2.75) is 24.7 Å². The highest BCUT2D eigenvalue weighted by molar-refractivity contribution is 5.89. The zero-order chi connectivity index (χ0) is 11.8. The van der Waals surface area contributed by atoms with Crippen LogP contribution >= 0.6 is 0 Å². The van der Waals surface area contributed by atoms with Crippen molar-refractivity contribution in [1.29, 1.82) is 0 Å². The van der Waals surface area contributed by atoms with Gasteiger partial charge in [0.2, 0.25) is 0 Å². The minimum atomic E-state index is -0.435. The molecule has 0 amide bonds. The molecule has 1 fully saturated rings. The van der Waals surface area contributed by atoms with Gasteiger partial charge in [0.05, 0.1) is 13.7 Å². The van der Waals surface area contributed by atoms with E-state index in [-0.39, 0.29) is 12.0 Å². The Hall–Kier alpha value is -1.36. The fourth-order valence-electron chi connectivity index (χ4n) is 2.24. The van der Waals surface area contributed by atoms with Gasteiger partial charge in [0.1, 0.15) is 0 Å². The Morgan fingerprint density at radius 2 is 2.38 bits per heavy atom. The number of nitrogens with zero attached hydrogens (tertiary/aromatic N) is 2. The summed E-state index contributed by atoms with van der Waals surface area (Å²) in [6.45, 7) is 0.0582. The maximum atomic E-state index is 11.6. The molecular formula is C11H16N2O3. The number of aliphatic hydroxyl groups excluding tert-OH is 1. The molecule has 1 N–H and O–H groups in total. The molecule has 0 bridgehead atoms. The van der Waals surface area contributed by atoms with Gasteiger partial charge in [0.15, 0.2) is 5.69 Å². The number of rotatable bonds is 3. The molecule has 1 saturated carbocycles. The fourth-order valence-corrected chi connectivity index (χ4v) is 2.24. The predicted octanol–water partition coefficient (Wildman–Crippen LogP) is 0.621. The minimum Gasteiger partial charge on any atom is -0.464 e. The van der Waals surface area contributed by atoms with Crippen molar-refractivity contribution in [3.05, 3.63) is 17.5 Å². The van der Waals surface area contributed by atoms with Gasteiger partial charge in [-0.3, -0.25) is 4.68 Å². The Morgan fingerprint density at radius 1 is 1.69 bits per heavy atom. The lowest BCUT2D eigenvalue weighted by Crippen LogP contribution is -2.39. The van der Waals surface area contributed by atoms with E-state index in [1.165, 1.54) is 7.11 Å². The van der Waals surface area contributed by atoms with E-state index >= 15 is 0 Å². The second kappa shape index (κ2) is 3.90. The number of esters is 1. The molecule has 0 aromatic carbocycles. The molecule has 0 spiro atoms. The lowest BCUT2D eigenvalue weighted by Gasteiger charge is -2.40. The molecule has 0 saturated heterocycles. The molecule has 1 aliphatic rings. The van der Waals surface area contributed by atoms with Crippen molar-refractivity contribution in [3.8, 4) is 0 Å². The van der Waals surface area contributed by atoms with Crippen molar-refractivity contribution < 1.29 is 14.6 Å². The van der Waals surface area contributed by atoms with Gasteiger partial charge in [-0.2, -0.15) is 5.10 Å². The zero-order valence-electron chi connectivity index (χ0n) is 9.56. The third kappa shape index (κ3) is 1.51. The van der Waals surface area contributed by atoms with Crippen molar-refractivity contribution in [3.63, 3.8) is 0 Å². The van der Waals surface area contributed by atoms with E-state index in [4.69, 9.17) is 4.74 Å². The van der Waals surface area contributed by atoms with Crippen LogP contribution in [0.4, 0.5) is 0 Å². The van der Waals surface area contributed by atoms with Gasteiger partial charge in [-0.05, 0) is 12.8 Å². The van der Waals surface area contributed by atoms with Crippen LogP contribution in [0.5, 0.6) is 0 Å². The molecule has 5 heteroatoms. The number of methoxy groups -OCH3 is 1. The monoisotopic (exact) mass is 224 g/mol. The summed E-state index contributed by atoms with van der Waals surface area (Å²) >= 11 is 0. The molecule has 16 heavy (non-hydrogen) atoms. The summed E-state index contributed by atoms with van der Waals surface area (Å²) in [6.07, 6.45) is 4.69. The number of hydrogen-bond donors (Lipinski definition) is 1. The van der Waals surface area contributed by atoms with Crippen LogP contribution in [0.25, 0.3) is 0 Å². The molecule has 1 aromatic rings. The molecule has 0 radical (unpaired) electrons. The number of ether oxygens (including phenoxy) is 1. The van der Waals surface area contributed by atoms with Gasteiger partial charge < -0.3 is 9.84 Å². The maximum absolute atomic E-state index is 11.6. The third-order valence-electron chi connectivity index (χ3n) is 3.39. The van der Waals surface area contributed by atoms with E-state index < -0.39 is 5.97 Å². The van der Waals surface area contributed by atoms with Crippen molar-refractivity contribution >= 4 is 5.97 Å². The van der Waals surface area contributed by atoms with Gasteiger partial charge >= 0.3 is 5.97 Å². The number of hydrogen-bond acceptors (Lipinski definition) is 4. The first-order valence-corrected chi connectivity index (χ1v) is 5.36. The second-order valence-electron chi connectivity index (χ2n) is 4.35. The van der Waals surface area contributed by atoms with Gasteiger partial charge in [-0.25, -0.2) is 4.79 Å². The maximum Gasteiger partial charge on any atom is 0.358 e. The lowest BCUT2D eigenvalue weighted by atomic mass is 9.65. The first kappa shape index (κ1) is 11.1. The molecule has 88 valence electrons. The molecule has 0 aliphatic heterocycles. The largest absolute Gasteiger partial charge is 0.464 e. The second-order valence-corrected chi connectivity index (χ2v) is 4.35. The van der Waals surface area contributed by atoms with Crippen LogP contribution in [0.3, 0.4) is 0 Å². The first-order valence-electron chi connectivity index (χ1n) is 5.36. The average Bonchev–Trinajstić information content (AvgIpc) is 2.59. The number of aromatic nitrogens is 2. The number of aliphatic hydroxyl groups is 1. The minimum absolute atomic E-state index is 0.0582. The highest BCUT2D eigenvalue weighted by atomic mass is 16.5. The normalized spacial score (nSPS) is 17.9. The van der Waals surface area contributed by atoms with Crippen molar-refractivity contribution in [2.75, 3.05) is 13.7 Å². The summed E-state index contributed by atoms with van der Waals surface area (Å²) in [4.78, 5) is 11.6. The Morgan fingerprint density at radius 3 is 2.81 bits per heavy atom. The predicted molar refractivity (Wildman–Crippen MR) is 57.2 cm³/mol. The van der Waals surface area contributed by atoms with Crippen LogP contribution in [0.15, 0.2) is 6.20 Å².